The number of hydrogen-bond donors (Lipinski definition) is 2. The Hall–Kier alpha value is -3.33. The average molecular weight is 645 g/mol. The Labute approximate surface area is 271 Å². The van der Waals surface area contributed by atoms with E-state index in [1.165, 1.54) is 0 Å². The molecule has 2 N–H and O–H groups in total. The van der Waals surface area contributed by atoms with Gasteiger partial charge in [0.15, 0.2) is 0 Å². The Morgan fingerprint density at radius 3 is 2.43 bits per heavy atom. The summed E-state index contributed by atoms with van der Waals surface area (Å²) in [6.07, 6.45) is 4.98. The van der Waals surface area contributed by atoms with Crippen molar-refractivity contribution in [1.82, 2.24) is 15.2 Å². The smallest absolute Gasteiger partial charge is 0.329 e. The number of hydrogen-bond acceptors (Lipinski definition) is 6. The molecule has 238 valence electrons. The van der Waals surface area contributed by atoms with Gasteiger partial charge in [-0.15, -0.1) is 12.4 Å². The molecule has 1 aliphatic carbocycles. The number of carboxylic acid groups (broad SMARTS) is 1. The summed E-state index contributed by atoms with van der Waals surface area (Å²) in [4.78, 5) is 32.7. The first-order valence-electron chi connectivity index (χ1n) is 15.0. The molecule has 3 aromatic rings. The van der Waals surface area contributed by atoms with Gasteiger partial charge in [0.25, 0.3) is 5.91 Å². The lowest BCUT2D eigenvalue weighted by Gasteiger charge is -2.33. The Balaban J connectivity index is 0.00000529. The minimum atomic E-state index is -1.29. The molecule has 1 saturated carbocycles. The summed E-state index contributed by atoms with van der Waals surface area (Å²) < 4.78 is 12.0. The summed E-state index contributed by atoms with van der Waals surface area (Å²) in [6, 6.07) is 14.9. The summed E-state index contributed by atoms with van der Waals surface area (Å²) in [5, 5.41) is 13.3. The van der Waals surface area contributed by atoms with E-state index in [0.717, 1.165) is 66.7 Å². The van der Waals surface area contributed by atoms with E-state index in [4.69, 9.17) is 26.1 Å². The molecule has 1 fully saturated rings. The van der Waals surface area contributed by atoms with E-state index in [1.54, 1.807) is 12.1 Å². The number of carbonyl (C=O) groups excluding carboxylic acids is 1. The second-order valence-electron chi connectivity index (χ2n) is 11.5. The van der Waals surface area contributed by atoms with Gasteiger partial charge < -0.3 is 24.8 Å². The van der Waals surface area contributed by atoms with Crippen molar-refractivity contribution in [3.05, 3.63) is 64.8 Å². The third-order valence-electron chi connectivity index (χ3n) is 7.78. The predicted octanol–water partition coefficient (Wildman–Crippen LogP) is 7.44. The topological polar surface area (TPSA) is 101 Å². The van der Waals surface area contributed by atoms with Crippen molar-refractivity contribution in [2.75, 3.05) is 33.9 Å². The van der Waals surface area contributed by atoms with E-state index in [-0.39, 0.29) is 18.1 Å². The van der Waals surface area contributed by atoms with E-state index in [0.29, 0.717) is 42.5 Å². The van der Waals surface area contributed by atoms with Crippen molar-refractivity contribution in [3.63, 3.8) is 0 Å². The number of ether oxygens (including phenoxy) is 2. The van der Waals surface area contributed by atoms with Crippen LogP contribution in [0.4, 0.5) is 0 Å². The zero-order chi connectivity index (χ0) is 31.0. The second kappa shape index (κ2) is 16.1. The lowest BCUT2D eigenvalue weighted by molar-refractivity contribution is -0.145. The molecule has 0 spiro atoms. The molecule has 2 aromatic carbocycles. The zero-order valence-corrected chi connectivity index (χ0v) is 27.5. The third kappa shape index (κ3) is 8.65. The van der Waals surface area contributed by atoms with Crippen LogP contribution in [0.2, 0.25) is 5.02 Å². The maximum atomic E-state index is 13.5. The number of rotatable bonds is 13. The summed E-state index contributed by atoms with van der Waals surface area (Å²) in [6.45, 7) is 6.06. The van der Waals surface area contributed by atoms with Crippen LogP contribution in [0.1, 0.15) is 67.9 Å². The number of aromatic nitrogens is 1. The minimum absolute atomic E-state index is 0. The highest BCUT2D eigenvalue weighted by atomic mass is 35.5. The molecule has 1 amide bonds. The normalized spacial score (nSPS) is 14.0. The van der Waals surface area contributed by atoms with Crippen molar-refractivity contribution in [3.8, 4) is 33.9 Å². The highest BCUT2D eigenvalue weighted by molar-refractivity contribution is 6.32. The molecular weight excluding hydrogens is 601 g/mol. The van der Waals surface area contributed by atoms with Crippen LogP contribution in [-0.4, -0.2) is 66.3 Å². The molecule has 0 unspecified atom stereocenters. The zero-order valence-electron chi connectivity index (χ0n) is 26.0. The fourth-order valence-corrected chi connectivity index (χ4v) is 5.55. The molecule has 10 heteroatoms. The van der Waals surface area contributed by atoms with Gasteiger partial charge in [0, 0.05) is 17.7 Å². The van der Waals surface area contributed by atoms with Gasteiger partial charge in [0.1, 0.15) is 22.7 Å². The number of carboxylic acids is 1. The van der Waals surface area contributed by atoms with Crippen LogP contribution in [0.25, 0.3) is 22.4 Å². The van der Waals surface area contributed by atoms with Crippen LogP contribution in [0.15, 0.2) is 48.5 Å². The summed E-state index contributed by atoms with van der Waals surface area (Å²) in [5.74, 6) is -0.241. The van der Waals surface area contributed by atoms with E-state index in [1.807, 2.05) is 57.4 Å². The molecule has 0 bridgehead atoms. The van der Waals surface area contributed by atoms with Gasteiger partial charge in [-0.2, -0.15) is 0 Å². The number of pyridine rings is 1. The molecule has 1 aromatic heterocycles. The molecule has 0 atom stereocenters. The van der Waals surface area contributed by atoms with Gasteiger partial charge in [-0.1, -0.05) is 49.9 Å². The highest BCUT2D eigenvalue weighted by Gasteiger charge is 2.41. The summed E-state index contributed by atoms with van der Waals surface area (Å²) >= 11 is 6.52. The van der Waals surface area contributed by atoms with Crippen molar-refractivity contribution >= 4 is 35.9 Å². The largest absolute Gasteiger partial charge is 0.494 e. The van der Waals surface area contributed by atoms with Crippen LogP contribution < -0.4 is 14.8 Å². The predicted molar refractivity (Wildman–Crippen MR) is 177 cm³/mol. The molecule has 44 heavy (non-hydrogen) atoms. The van der Waals surface area contributed by atoms with Crippen molar-refractivity contribution in [2.24, 2.45) is 0 Å². The van der Waals surface area contributed by atoms with E-state index in [2.05, 4.69) is 17.1 Å². The molecule has 0 aliphatic heterocycles. The van der Waals surface area contributed by atoms with Crippen LogP contribution in [0.5, 0.6) is 11.5 Å². The molecular formula is C34H43Cl2N3O5. The van der Waals surface area contributed by atoms with Crippen LogP contribution in [-0.2, 0) is 4.79 Å². The molecule has 4 rings (SSSR count). The Bertz CT molecular complexity index is 1440. The number of nitrogens with zero attached hydrogens (tertiary/aromatic N) is 2. The first-order chi connectivity index (χ1) is 20.6. The Morgan fingerprint density at radius 2 is 1.75 bits per heavy atom. The SMILES string of the molecule is CCCOc1ccc(C)c(-c2ccc(C(=O)NC3(C(=O)O)CCCCC3)nc2-c2ccc(Cl)c(OCCCN(C)C)c2)c1.Cl. The first kappa shape index (κ1) is 35.2. The van der Waals surface area contributed by atoms with Gasteiger partial charge >= 0.3 is 5.97 Å². The van der Waals surface area contributed by atoms with Crippen molar-refractivity contribution < 1.29 is 24.2 Å². The van der Waals surface area contributed by atoms with Crippen LogP contribution in [0, 0.1) is 6.92 Å². The number of halogens is 2. The van der Waals surface area contributed by atoms with Gasteiger partial charge in [0.2, 0.25) is 0 Å². The fourth-order valence-electron chi connectivity index (χ4n) is 5.38. The number of aryl methyl sites for hydroxylation is 1. The van der Waals surface area contributed by atoms with Crippen LogP contribution in [0.3, 0.4) is 0 Å². The number of carbonyl (C=O) groups is 2. The summed E-state index contributed by atoms with van der Waals surface area (Å²) in [5.41, 5.74) is 2.89. The second-order valence-corrected chi connectivity index (χ2v) is 11.9. The molecule has 1 heterocycles. The standard InChI is InChI=1S/C34H42ClN3O5.ClH/c1-5-19-42-25-12-10-23(2)27(22-25)26-13-15-29(32(39)37-34(33(40)41)16-7-6-8-17-34)36-31(26)24-11-14-28(35)30(21-24)43-20-9-18-38(3)4;/h10-15,21-22H,5-9,16-20H2,1-4H3,(H,37,39)(H,40,41);1H. The average Bonchev–Trinajstić information content (AvgIpc) is 2.99. The molecule has 1 aliphatic rings. The van der Waals surface area contributed by atoms with Gasteiger partial charge in [0.05, 0.1) is 23.9 Å². The number of aliphatic carboxylic acids is 1. The minimum Gasteiger partial charge on any atom is -0.494 e. The van der Waals surface area contributed by atoms with E-state index in [9.17, 15) is 14.7 Å². The summed E-state index contributed by atoms with van der Waals surface area (Å²) in [7, 11) is 4.03. The fraction of sp³-hybridized carbons (Fsp3) is 0.441. The van der Waals surface area contributed by atoms with Gasteiger partial charge in [-0.3, -0.25) is 4.79 Å². The number of nitrogens with one attached hydrogen (secondary N) is 1. The highest BCUT2D eigenvalue weighted by Crippen LogP contribution is 2.38. The number of benzene rings is 2. The third-order valence-corrected chi connectivity index (χ3v) is 8.09. The molecule has 0 saturated heterocycles. The quantitative estimate of drug-likeness (QED) is 0.187. The van der Waals surface area contributed by atoms with E-state index < -0.39 is 17.4 Å². The van der Waals surface area contributed by atoms with Crippen molar-refractivity contribution in [1.29, 1.82) is 0 Å². The maximum Gasteiger partial charge on any atom is 0.329 e. The van der Waals surface area contributed by atoms with E-state index >= 15 is 0 Å². The monoisotopic (exact) mass is 643 g/mol. The Morgan fingerprint density at radius 1 is 1.00 bits per heavy atom. The number of amides is 1. The first-order valence-corrected chi connectivity index (χ1v) is 15.4. The molecule has 8 nitrogen and oxygen atoms in total. The lowest BCUT2D eigenvalue weighted by Crippen LogP contribution is -2.55. The maximum absolute atomic E-state index is 13.5. The van der Waals surface area contributed by atoms with Gasteiger partial charge in [-0.05, 0) is 94.2 Å². The Kier molecular flexibility index (Phi) is 12.9. The van der Waals surface area contributed by atoms with Gasteiger partial charge in [-0.25, -0.2) is 9.78 Å². The van der Waals surface area contributed by atoms with Crippen LogP contribution >= 0.6 is 24.0 Å². The lowest BCUT2D eigenvalue weighted by atomic mass is 9.81. The molecule has 0 radical (unpaired) electrons. The van der Waals surface area contributed by atoms with Crippen molar-refractivity contribution in [2.45, 2.75) is 64.3 Å².